The van der Waals surface area contributed by atoms with Crippen molar-refractivity contribution in [1.82, 2.24) is 0 Å². The first kappa shape index (κ1) is 12.4. The van der Waals surface area contributed by atoms with Gasteiger partial charge < -0.3 is 4.43 Å². The van der Waals surface area contributed by atoms with Crippen LogP contribution in [0.5, 0.6) is 0 Å². The Kier molecular flexibility index (Phi) is 4.73. The fourth-order valence-electron chi connectivity index (χ4n) is 0.981. The van der Waals surface area contributed by atoms with Crippen LogP contribution in [-0.2, 0) is 4.43 Å². The van der Waals surface area contributed by atoms with Gasteiger partial charge in [-0.25, -0.2) is 0 Å². The van der Waals surface area contributed by atoms with Crippen molar-refractivity contribution >= 4 is 16.4 Å². The number of hydrogen-bond acceptors (Lipinski definition) is 1. The molecule has 0 aliphatic carbocycles. The van der Waals surface area contributed by atoms with Gasteiger partial charge in [0.15, 0.2) is 8.32 Å². The highest BCUT2D eigenvalue weighted by Gasteiger charge is 2.15. The van der Waals surface area contributed by atoms with E-state index < -0.39 is 16.4 Å². The number of rotatable bonds is 5. The molecule has 0 aromatic rings. The molecule has 0 aromatic carbocycles. The molecule has 1 nitrogen and oxygen atoms in total. The SMILES string of the molecule is C[Si](C)(C)CCCO[Si](C)(C)C. The molecule has 0 N–H and O–H groups in total. The molecule has 0 amide bonds. The topological polar surface area (TPSA) is 9.23 Å². The summed E-state index contributed by atoms with van der Waals surface area (Å²) in [7, 11) is -2.06. The van der Waals surface area contributed by atoms with Crippen LogP contribution in [0.2, 0.25) is 45.3 Å². The Morgan fingerprint density at radius 2 is 1.42 bits per heavy atom. The van der Waals surface area contributed by atoms with E-state index in [9.17, 15) is 0 Å². The molecular weight excluding hydrogens is 180 g/mol. The van der Waals surface area contributed by atoms with Crippen LogP contribution < -0.4 is 0 Å². The molecule has 0 aromatic heterocycles. The average Bonchev–Trinajstić information content (AvgIpc) is 1.76. The molecule has 0 saturated carbocycles. The summed E-state index contributed by atoms with van der Waals surface area (Å²) in [5.74, 6) is 0. The Morgan fingerprint density at radius 3 is 1.75 bits per heavy atom. The highest BCUT2D eigenvalue weighted by atomic mass is 28.4. The standard InChI is InChI=1S/C9H24OSi2/c1-11(2,3)9-7-8-10-12(4,5)6/h7-9H2,1-6H3. The quantitative estimate of drug-likeness (QED) is 0.491. The van der Waals surface area contributed by atoms with Gasteiger partial charge in [-0.15, -0.1) is 0 Å². The Labute approximate surface area is 79.7 Å². The third-order valence-electron chi connectivity index (χ3n) is 1.61. The normalized spacial score (nSPS) is 13.5. The fraction of sp³-hybridized carbons (Fsp3) is 1.00. The van der Waals surface area contributed by atoms with Gasteiger partial charge in [-0.2, -0.15) is 0 Å². The zero-order valence-corrected chi connectivity index (χ0v) is 11.5. The van der Waals surface area contributed by atoms with Crippen molar-refractivity contribution in [3.63, 3.8) is 0 Å². The third kappa shape index (κ3) is 10.4. The molecule has 0 rings (SSSR count). The summed E-state index contributed by atoms with van der Waals surface area (Å²) >= 11 is 0. The number of hydrogen-bond donors (Lipinski definition) is 0. The third-order valence-corrected chi connectivity index (χ3v) is 4.53. The Balaban J connectivity index is 3.35. The smallest absolute Gasteiger partial charge is 0.183 e. The van der Waals surface area contributed by atoms with E-state index in [0.717, 1.165) is 6.61 Å². The molecule has 3 heteroatoms. The van der Waals surface area contributed by atoms with E-state index >= 15 is 0 Å². The van der Waals surface area contributed by atoms with Crippen molar-refractivity contribution in [2.45, 2.75) is 51.7 Å². The minimum absolute atomic E-state index is 0.818. The Hall–Kier alpha value is 0.394. The van der Waals surface area contributed by atoms with Gasteiger partial charge in [-0.1, -0.05) is 25.7 Å². The average molecular weight is 204 g/mol. The lowest BCUT2D eigenvalue weighted by molar-refractivity contribution is 0.310. The van der Waals surface area contributed by atoms with Gasteiger partial charge in [-0.05, 0) is 26.1 Å². The van der Waals surface area contributed by atoms with Crippen molar-refractivity contribution in [3.8, 4) is 0 Å². The predicted octanol–water partition coefficient (Wildman–Crippen LogP) is 3.57. The summed E-state index contributed by atoms with van der Waals surface area (Å²) in [6, 6.07) is 1.40. The zero-order valence-electron chi connectivity index (χ0n) is 9.53. The first-order chi connectivity index (χ1) is 5.21. The summed E-state index contributed by atoms with van der Waals surface area (Å²) in [6.45, 7) is 15.0. The van der Waals surface area contributed by atoms with Gasteiger partial charge in [0.05, 0.1) is 0 Å². The van der Waals surface area contributed by atoms with Crippen LogP contribution in [0.1, 0.15) is 6.42 Å². The lowest BCUT2D eigenvalue weighted by Gasteiger charge is -2.19. The van der Waals surface area contributed by atoms with Gasteiger partial charge >= 0.3 is 0 Å². The van der Waals surface area contributed by atoms with Crippen LogP contribution in [0, 0.1) is 0 Å². The molecule has 0 heterocycles. The van der Waals surface area contributed by atoms with Crippen LogP contribution in [0.25, 0.3) is 0 Å². The molecule has 0 spiro atoms. The van der Waals surface area contributed by atoms with E-state index in [1.54, 1.807) is 0 Å². The van der Waals surface area contributed by atoms with E-state index in [4.69, 9.17) is 4.43 Å². The van der Waals surface area contributed by atoms with Crippen LogP contribution in [-0.4, -0.2) is 23.0 Å². The molecule has 0 aliphatic heterocycles. The lowest BCUT2D eigenvalue weighted by atomic mass is 10.5. The summed E-state index contributed by atoms with van der Waals surface area (Å²) in [5.41, 5.74) is 0. The summed E-state index contributed by atoms with van der Waals surface area (Å²) in [5, 5.41) is 0. The van der Waals surface area contributed by atoms with Crippen molar-refractivity contribution in [1.29, 1.82) is 0 Å². The summed E-state index contributed by atoms with van der Waals surface area (Å²) in [6.07, 6.45) is 1.26. The van der Waals surface area contributed by atoms with E-state index in [1.807, 2.05) is 0 Å². The molecule has 0 saturated heterocycles. The zero-order chi connectivity index (χ0) is 9.83. The largest absolute Gasteiger partial charge is 0.418 e. The molecule has 0 radical (unpaired) electrons. The predicted molar refractivity (Wildman–Crippen MR) is 62.1 cm³/mol. The lowest BCUT2D eigenvalue weighted by Crippen LogP contribution is -2.27. The molecule has 0 fully saturated rings. The second-order valence-electron chi connectivity index (χ2n) is 5.63. The molecule has 0 unspecified atom stereocenters. The van der Waals surface area contributed by atoms with Crippen molar-refractivity contribution in [3.05, 3.63) is 0 Å². The maximum Gasteiger partial charge on any atom is 0.183 e. The molecular formula is C9H24OSi2. The van der Waals surface area contributed by atoms with Crippen molar-refractivity contribution in [2.24, 2.45) is 0 Å². The van der Waals surface area contributed by atoms with Crippen molar-refractivity contribution in [2.75, 3.05) is 6.61 Å². The fourth-order valence-corrected chi connectivity index (χ4v) is 2.94. The molecule has 0 aliphatic rings. The van der Waals surface area contributed by atoms with Gasteiger partial charge in [-0.3, -0.25) is 0 Å². The molecule has 12 heavy (non-hydrogen) atoms. The van der Waals surface area contributed by atoms with Crippen LogP contribution in [0.3, 0.4) is 0 Å². The highest BCUT2D eigenvalue weighted by Crippen LogP contribution is 2.12. The van der Waals surface area contributed by atoms with Gasteiger partial charge in [0.1, 0.15) is 0 Å². The van der Waals surface area contributed by atoms with E-state index in [0.29, 0.717) is 0 Å². The minimum Gasteiger partial charge on any atom is -0.418 e. The maximum atomic E-state index is 5.79. The Morgan fingerprint density at radius 1 is 0.917 bits per heavy atom. The molecule has 0 atom stereocenters. The first-order valence-corrected chi connectivity index (χ1v) is 12.0. The maximum absolute atomic E-state index is 5.79. The van der Waals surface area contributed by atoms with Crippen LogP contribution >= 0.6 is 0 Å². The van der Waals surface area contributed by atoms with E-state index in [-0.39, 0.29) is 0 Å². The van der Waals surface area contributed by atoms with Crippen LogP contribution in [0.4, 0.5) is 0 Å². The highest BCUT2D eigenvalue weighted by molar-refractivity contribution is 6.76. The van der Waals surface area contributed by atoms with Gasteiger partial charge in [0.2, 0.25) is 0 Å². The summed E-state index contributed by atoms with van der Waals surface area (Å²) in [4.78, 5) is 0. The minimum atomic E-state index is -1.24. The second-order valence-corrected chi connectivity index (χ2v) is 15.8. The Bertz CT molecular complexity index is 105. The monoisotopic (exact) mass is 204 g/mol. The van der Waals surface area contributed by atoms with Gasteiger partial charge in [0.25, 0.3) is 0 Å². The van der Waals surface area contributed by atoms with E-state index in [2.05, 4.69) is 39.3 Å². The van der Waals surface area contributed by atoms with Crippen molar-refractivity contribution < 1.29 is 4.43 Å². The van der Waals surface area contributed by atoms with E-state index in [1.165, 1.54) is 12.5 Å². The summed E-state index contributed by atoms with van der Waals surface area (Å²) < 4.78 is 5.79. The molecule has 74 valence electrons. The molecule has 0 bridgehead atoms. The van der Waals surface area contributed by atoms with Gasteiger partial charge in [0, 0.05) is 14.7 Å². The first-order valence-electron chi connectivity index (χ1n) is 4.85. The van der Waals surface area contributed by atoms with Crippen LogP contribution in [0.15, 0.2) is 0 Å². The second kappa shape index (κ2) is 4.58.